The largest absolute Gasteiger partial charge is 0.315 e. The Balaban J connectivity index is 1.96. The van der Waals surface area contributed by atoms with E-state index >= 15 is 0 Å². The highest BCUT2D eigenvalue weighted by Crippen LogP contribution is 2.40. The van der Waals surface area contributed by atoms with Gasteiger partial charge < -0.3 is 10.2 Å². The van der Waals surface area contributed by atoms with Crippen LogP contribution in [0.3, 0.4) is 0 Å². The van der Waals surface area contributed by atoms with Gasteiger partial charge in [-0.05, 0) is 52.7 Å². The maximum absolute atomic E-state index is 3.61. The molecule has 0 aliphatic heterocycles. The van der Waals surface area contributed by atoms with Gasteiger partial charge in [-0.25, -0.2) is 0 Å². The Morgan fingerprint density at radius 1 is 1.25 bits per heavy atom. The number of nitrogens with zero attached hydrogens (tertiary/aromatic N) is 1. The molecule has 2 aliphatic rings. The zero-order valence-electron chi connectivity index (χ0n) is 11.3. The minimum atomic E-state index is 0.448. The second kappa shape index (κ2) is 5.05. The van der Waals surface area contributed by atoms with Crippen molar-refractivity contribution in [2.24, 2.45) is 5.92 Å². The fraction of sp³-hybridized carbons (Fsp3) is 1.00. The molecule has 2 heteroatoms. The van der Waals surface area contributed by atoms with Crippen LogP contribution in [-0.2, 0) is 0 Å². The van der Waals surface area contributed by atoms with E-state index in [9.17, 15) is 0 Å². The second-order valence-corrected chi connectivity index (χ2v) is 6.07. The number of hydrogen-bond acceptors (Lipinski definition) is 2. The molecule has 2 aliphatic carbocycles. The predicted octanol–water partition coefficient (Wildman–Crippen LogP) is 2.64. The summed E-state index contributed by atoms with van der Waals surface area (Å²) in [5.41, 5.74) is 0.448. The summed E-state index contributed by atoms with van der Waals surface area (Å²) in [7, 11) is 6.70. The first-order valence-electron chi connectivity index (χ1n) is 7.04. The molecule has 16 heavy (non-hydrogen) atoms. The molecule has 2 fully saturated rings. The molecule has 0 saturated heterocycles. The average Bonchev–Trinajstić information content (AvgIpc) is 2.95. The van der Waals surface area contributed by atoms with Crippen LogP contribution in [0, 0.1) is 5.92 Å². The molecule has 94 valence electrons. The van der Waals surface area contributed by atoms with Gasteiger partial charge in [-0.1, -0.05) is 25.7 Å². The molecule has 1 unspecified atom stereocenters. The van der Waals surface area contributed by atoms with Crippen LogP contribution < -0.4 is 5.32 Å². The molecule has 1 N–H and O–H groups in total. The van der Waals surface area contributed by atoms with Crippen LogP contribution in [-0.4, -0.2) is 37.6 Å². The van der Waals surface area contributed by atoms with Crippen LogP contribution in [0.25, 0.3) is 0 Å². The molecule has 1 atom stereocenters. The summed E-state index contributed by atoms with van der Waals surface area (Å²) < 4.78 is 0. The lowest BCUT2D eigenvalue weighted by Crippen LogP contribution is -2.56. The van der Waals surface area contributed by atoms with E-state index in [1.807, 2.05) is 0 Å². The molecular formula is C14H28N2. The zero-order valence-corrected chi connectivity index (χ0v) is 11.3. The smallest absolute Gasteiger partial charge is 0.0356 e. The SMILES string of the molecule is CNC(CCC1CC1)C1(N(C)C)CCCC1. The van der Waals surface area contributed by atoms with Crippen LogP contribution in [0.5, 0.6) is 0 Å². The highest BCUT2D eigenvalue weighted by molar-refractivity contribution is 5.01. The van der Waals surface area contributed by atoms with E-state index in [4.69, 9.17) is 0 Å². The lowest BCUT2D eigenvalue weighted by Gasteiger charge is -2.43. The first kappa shape index (κ1) is 12.4. The van der Waals surface area contributed by atoms with Gasteiger partial charge in [-0.15, -0.1) is 0 Å². The van der Waals surface area contributed by atoms with Gasteiger partial charge in [0.05, 0.1) is 0 Å². The minimum absolute atomic E-state index is 0.448. The van der Waals surface area contributed by atoms with Crippen molar-refractivity contribution in [1.82, 2.24) is 10.2 Å². The van der Waals surface area contributed by atoms with Crippen LogP contribution in [0.2, 0.25) is 0 Å². The van der Waals surface area contributed by atoms with Crippen molar-refractivity contribution >= 4 is 0 Å². The molecule has 0 amide bonds. The van der Waals surface area contributed by atoms with E-state index in [0.717, 1.165) is 5.92 Å². The van der Waals surface area contributed by atoms with Gasteiger partial charge in [0.25, 0.3) is 0 Å². The monoisotopic (exact) mass is 224 g/mol. The summed E-state index contributed by atoms with van der Waals surface area (Å²) in [5.74, 6) is 1.07. The van der Waals surface area contributed by atoms with Crippen molar-refractivity contribution < 1.29 is 0 Å². The maximum atomic E-state index is 3.61. The van der Waals surface area contributed by atoms with E-state index in [-0.39, 0.29) is 0 Å². The third kappa shape index (κ3) is 2.43. The molecule has 2 rings (SSSR count). The zero-order chi connectivity index (χ0) is 11.6. The summed E-state index contributed by atoms with van der Waals surface area (Å²) in [6.45, 7) is 0. The van der Waals surface area contributed by atoms with Crippen molar-refractivity contribution in [1.29, 1.82) is 0 Å². The topological polar surface area (TPSA) is 15.3 Å². The van der Waals surface area contributed by atoms with Crippen molar-refractivity contribution in [3.8, 4) is 0 Å². The van der Waals surface area contributed by atoms with Crippen LogP contribution in [0.4, 0.5) is 0 Å². The molecule has 0 aromatic carbocycles. The number of nitrogens with one attached hydrogen (secondary N) is 1. The van der Waals surface area contributed by atoms with Crippen LogP contribution >= 0.6 is 0 Å². The van der Waals surface area contributed by atoms with Crippen molar-refractivity contribution in [2.45, 2.75) is 62.9 Å². The van der Waals surface area contributed by atoms with Crippen molar-refractivity contribution in [3.63, 3.8) is 0 Å². The fourth-order valence-corrected chi connectivity index (χ4v) is 3.59. The Bertz CT molecular complexity index is 215. The molecule has 2 saturated carbocycles. The second-order valence-electron chi connectivity index (χ2n) is 6.07. The first-order chi connectivity index (χ1) is 7.69. The molecule has 0 radical (unpaired) electrons. The molecule has 0 bridgehead atoms. The molecule has 2 nitrogen and oxygen atoms in total. The van der Waals surface area contributed by atoms with Gasteiger partial charge in [0.15, 0.2) is 0 Å². The van der Waals surface area contributed by atoms with Gasteiger partial charge in [-0.2, -0.15) is 0 Å². The van der Waals surface area contributed by atoms with E-state index < -0.39 is 0 Å². The van der Waals surface area contributed by atoms with Crippen LogP contribution in [0.1, 0.15) is 51.4 Å². The lowest BCUT2D eigenvalue weighted by atomic mass is 9.83. The van der Waals surface area contributed by atoms with Gasteiger partial charge in [0, 0.05) is 11.6 Å². The predicted molar refractivity (Wildman–Crippen MR) is 69.7 cm³/mol. The summed E-state index contributed by atoms with van der Waals surface area (Å²) in [4.78, 5) is 2.49. The third-order valence-corrected chi connectivity index (χ3v) is 4.92. The lowest BCUT2D eigenvalue weighted by molar-refractivity contribution is 0.102. The fourth-order valence-electron chi connectivity index (χ4n) is 3.59. The molecule has 0 aromatic heterocycles. The Labute approximate surface area is 101 Å². The van der Waals surface area contributed by atoms with E-state index in [1.165, 1.54) is 51.4 Å². The highest BCUT2D eigenvalue weighted by atomic mass is 15.2. The Hall–Kier alpha value is -0.0800. The van der Waals surface area contributed by atoms with Gasteiger partial charge in [0.1, 0.15) is 0 Å². The van der Waals surface area contributed by atoms with E-state index in [2.05, 4.69) is 31.4 Å². The van der Waals surface area contributed by atoms with Crippen LogP contribution in [0.15, 0.2) is 0 Å². The quantitative estimate of drug-likeness (QED) is 0.746. The van der Waals surface area contributed by atoms with E-state index in [1.54, 1.807) is 0 Å². The molecular weight excluding hydrogens is 196 g/mol. The third-order valence-electron chi connectivity index (χ3n) is 4.92. The maximum Gasteiger partial charge on any atom is 0.0356 e. The Morgan fingerprint density at radius 3 is 2.31 bits per heavy atom. The average molecular weight is 224 g/mol. The normalized spacial score (nSPS) is 26.2. The first-order valence-corrected chi connectivity index (χ1v) is 7.04. The standard InChI is InChI=1S/C14H28N2/c1-15-13(9-8-12-6-7-12)14(16(2)3)10-4-5-11-14/h12-13,15H,4-11H2,1-3H3. The van der Waals surface area contributed by atoms with Gasteiger partial charge in [0.2, 0.25) is 0 Å². The number of hydrogen-bond donors (Lipinski definition) is 1. The summed E-state index contributed by atoms with van der Waals surface area (Å²) in [5, 5.41) is 3.61. The minimum Gasteiger partial charge on any atom is -0.315 e. The van der Waals surface area contributed by atoms with Crippen molar-refractivity contribution in [2.75, 3.05) is 21.1 Å². The molecule has 0 heterocycles. The molecule has 0 aromatic rings. The van der Waals surface area contributed by atoms with Crippen molar-refractivity contribution in [3.05, 3.63) is 0 Å². The number of rotatable bonds is 6. The van der Waals surface area contributed by atoms with Gasteiger partial charge in [-0.3, -0.25) is 0 Å². The highest BCUT2D eigenvalue weighted by Gasteiger charge is 2.42. The summed E-state index contributed by atoms with van der Waals surface area (Å²) >= 11 is 0. The summed E-state index contributed by atoms with van der Waals surface area (Å²) in [6.07, 6.45) is 11.4. The number of likely N-dealkylation sites (N-methyl/N-ethyl adjacent to an activating group) is 2. The molecule has 0 spiro atoms. The van der Waals surface area contributed by atoms with Gasteiger partial charge >= 0.3 is 0 Å². The summed E-state index contributed by atoms with van der Waals surface area (Å²) in [6, 6.07) is 0.700. The Kier molecular flexibility index (Phi) is 3.91. The van der Waals surface area contributed by atoms with E-state index in [0.29, 0.717) is 11.6 Å². The Morgan fingerprint density at radius 2 is 1.88 bits per heavy atom.